The lowest BCUT2D eigenvalue weighted by molar-refractivity contribution is -0.873. The van der Waals surface area contributed by atoms with Crippen LogP contribution in [0.15, 0.2) is 5.22 Å². The highest BCUT2D eigenvalue weighted by Crippen LogP contribution is 1.62. The average Bonchev–Trinajstić information content (AvgIpc) is 1.65. The molecule has 0 aromatic rings. The Balaban J connectivity index is 3.22. The van der Waals surface area contributed by atoms with Gasteiger partial charge in [0.15, 0.2) is 0 Å². The zero-order chi connectivity index (χ0) is 4.99. The van der Waals surface area contributed by atoms with E-state index in [1.54, 1.807) is 0 Å². The highest BCUT2D eigenvalue weighted by atomic mass is 17.2. The SMILES string of the molecule is NN=[N+]([O-])OO. The van der Waals surface area contributed by atoms with E-state index in [9.17, 15) is 5.21 Å². The highest BCUT2D eigenvalue weighted by molar-refractivity contribution is 3.79. The zero-order valence-electron chi connectivity index (χ0n) is 2.74. The van der Waals surface area contributed by atoms with Gasteiger partial charge >= 0.3 is 0 Å². The first kappa shape index (κ1) is 4.96. The summed E-state index contributed by atoms with van der Waals surface area (Å²) < 4.78 is 0. The molecule has 0 bridgehead atoms. The number of nitrogens with two attached hydrogens (primary N) is 1. The summed E-state index contributed by atoms with van der Waals surface area (Å²) in [4.78, 5) is 2.89. The molecular weight excluding hydrogens is 90.0 g/mol. The Kier molecular flexibility index (Phi) is 1.83. The maximum absolute atomic E-state index is 9.33. The molecule has 0 radical (unpaired) electrons. The Hall–Kier alpha value is -1.04. The van der Waals surface area contributed by atoms with Crippen molar-refractivity contribution >= 4 is 0 Å². The van der Waals surface area contributed by atoms with Gasteiger partial charge in [-0.05, 0) is 0 Å². The molecule has 6 nitrogen and oxygen atoms in total. The van der Waals surface area contributed by atoms with Crippen molar-refractivity contribution in [2.24, 2.45) is 11.1 Å². The van der Waals surface area contributed by atoms with Crippen molar-refractivity contribution in [3.05, 3.63) is 5.21 Å². The van der Waals surface area contributed by atoms with Crippen molar-refractivity contribution in [2.75, 3.05) is 0 Å². The summed E-state index contributed by atoms with van der Waals surface area (Å²) in [7, 11) is 0. The van der Waals surface area contributed by atoms with E-state index in [-0.39, 0.29) is 0 Å². The van der Waals surface area contributed by atoms with Gasteiger partial charge < -0.3 is 10.2 Å². The molecule has 3 N–H and O–H groups in total. The second-order valence-electron chi connectivity index (χ2n) is 0.435. The van der Waals surface area contributed by atoms with Crippen molar-refractivity contribution in [3.63, 3.8) is 0 Å². The quantitative estimate of drug-likeness (QED) is 0.192. The van der Waals surface area contributed by atoms with Crippen LogP contribution in [-0.4, -0.2) is 10.3 Å². The number of nitrogens with zero attached hydrogens (tertiary/aromatic N) is 2. The van der Waals surface area contributed by atoms with Gasteiger partial charge in [-0.2, -0.15) is 5.84 Å². The van der Waals surface area contributed by atoms with E-state index < -0.39 is 5.02 Å². The van der Waals surface area contributed by atoms with E-state index in [1.165, 1.54) is 0 Å². The Morgan fingerprint density at radius 3 is 2.50 bits per heavy atom. The first-order valence-corrected chi connectivity index (χ1v) is 1.01. The molecule has 36 valence electrons. The maximum Gasteiger partial charge on any atom is 0.126 e. The second-order valence-corrected chi connectivity index (χ2v) is 0.435. The van der Waals surface area contributed by atoms with Crippen molar-refractivity contribution in [1.82, 2.24) is 0 Å². The summed E-state index contributed by atoms with van der Waals surface area (Å²) in [6.45, 7) is 0. The van der Waals surface area contributed by atoms with E-state index in [0.29, 0.717) is 0 Å². The van der Waals surface area contributed by atoms with Crippen LogP contribution < -0.4 is 5.84 Å². The fourth-order valence-electron chi connectivity index (χ4n) is 0.0211. The molecule has 0 rings (SSSR count). The Bertz CT molecular complexity index is 57.1. The van der Waals surface area contributed by atoms with Crippen LogP contribution in [0.25, 0.3) is 0 Å². The molecule has 0 aromatic carbocycles. The fourth-order valence-corrected chi connectivity index (χ4v) is 0.0211. The van der Waals surface area contributed by atoms with E-state index in [4.69, 9.17) is 5.26 Å². The van der Waals surface area contributed by atoms with Crippen LogP contribution in [0.1, 0.15) is 0 Å². The van der Waals surface area contributed by atoms with Gasteiger partial charge in [-0.1, -0.05) is 0 Å². The van der Waals surface area contributed by atoms with Crippen LogP contribution in [-0.2, 0) is 4.99 Å². The van der Waals surface area contributed by atoms with E-state index >= 15 is 0 Å². The lowest BCUT2D eigenvalue weighted by Gasteiger charge is -1.91. The molecule has 6 heavy (non-hydrogen) atoms. The summed E-state index contributed by atoms with van der Waals surface area (Å²) in [6, 6.07) is 0. The largest absolute Gasteiger partial charge is 0.337 e. The molecule has 0 aliphatic carbocycles. The standard InChI is InChI=1S/H3N3O3/c1-2-3(4)6-5/h5H,1H2. The van der Waals surface area contributed by atoms with Crippen LogP contribution in [0.5, 0.6) is 0 Å². The number of hydrogen-bond donors (Lipinski definition) is 2. The highest BCUT2D eigenvalue weighted by Gasteiger charge is 1.71. The first-order valence-electron chi connectivity index (χ1n) is 1.01. The van der Waals surface area contributed by atoms with Gasteiger partial charge in [0.2, 0.25) is 0 Å². The summed E-state index contributed by atoms with van der Waals surface area (Å²) in [6.07, 6.45) is 0. The summed E-state index contributed by atoms with van der Waals surface area (Å²) >= 11 is 0. The van der Waals surface area contributed by atoms with Gasteiger partial charge in [-0.25, -0.2) is 0 Å². The minimum atomic E-state index is -0.542. The van der Waals surface area contributed by atoms with Gasteiger partial charge in [-0.15, -0.1) is 0 Å². The van der Waals surface area contributed by atoms with Gasteiger partial charge in [-0.3, -0.25) is 5.26 Å². The first-order chi connectivity index (χ1) is 2.81. The minimum absolute atomic E-state index is 0.542. The monoisotopic (exact) mass is 93.0 g/mol. The van der Waals surface area contributed by atoms with Crippen LogP contribution >= 0.6 is 0 Å². The molecule has 0 atom stereocenters. The zero-order valence-corrected chi connectivity index (χ0v) is 2.74. The smallest absolute Gasteiger partial charge is 0.126 e. The molecule has 0 aliphatic rings. The lowest BCUT2D eigenvalue weighted by atomic mass is 12.6. The third-order valence-corrected chi connectivity index (χ3v) is 0.164. The van der Waals surface area contributed by atoms with Gasteiger partial charge in [0, 0.05) is 0 Å². The van der Waals surface area contributed by atoms with Crippen LogP contribution in [0, 0.1) is 5.21 Å². The number of rotatable bonds is 1. The molecule has 0 fully saturated rings. The van der Waals surface area contributed by atoms with Crippen LogP contribution in [0.3, 0.4) is 0 Å². The molecule has 0 aliphatic heterocycles. The minimum Gasteiger partial charge on any atom is -0.337 e. The third kappa shape index (κ3) is 1.30. The van der Waals surface area contributed by atoms with Crippen molar-refractivity contribution in [1.29, 1.82) is 0 Å². The third-order valence-electron chi connectivity index (χ3n) is 0.164. The van der Waals surface area contributed by atoms with Gasteiger partial charge in [0.25, 0.3) is 0 Å². The maximum atomic E-state index is 9.33. The summed E-state index contributed by atoms with van der Waals surface area (Å²) in [5, 5.41) is 18.4. The Morgan fingerprint density at radius 2 is 2.50 bits per heavy atom. The molecule has 0 spiro atoms. The Labute approximate surface area is 32.9 Å². The molecule has 0 unspecified atom stereocenters. The number of hydrogen-bond acceptors (Lipinski definition) is 4. The predicted octanol–water partition coefficient (Wildman–Crippen LogP) is -0.773. The molecule has 0 saturated heterocycles. The van der Waals surface area contributed by atoms with Gasteiger partial charge in [0.1, 0.15) is 5.22 Å². The normalized spacial score (nSPS) is 11.2. The van der Waals surface area contributed by atoms with Gasteiger partial charge in [0.05, 0.1) is 5.02 Å². The van der Waals surface area contributed by atoms with E-state index in [0.717, 1.165) is 0 Å². The Morgan fingerprint density at radius 1 is 2.00 bits per heavy atom. The van der Waals surface area contributed by atoms with Crippen molar-refractivity contribution < 1.29 is 15.3 Å². The molecule has 0 saturated carbocycles. The topological polar surface area (TPSA) is 93.9 Å². The van der Waals surface area contributed by atoms with Crippen molar-refractivity contribution in [3.8, 4) is 0 Å². The fraction of sp³-hybridized carbons (Fsp3) is 0. The predicted molar refractivity (Wildman–Crippen MR) is 14.0 cm³/mol. The molecular formula is H3N3O3. The average molecular weight is 93.0 g/mol. The summed E-state index contributed by atoms with van der Waals surface area (Å²) in [5.41, 5.74) is 0. The van der Waals surface area contributed by atoms with E-state index in [1.807, 2.05) is 0 Å². The second kappa shape index (κ2) is 2.21. The molecule has 6 heteroatoms. The molecule has 0 aromatic heterocycles. The van der Waals surface area contributed by atoms with E-state index in [2.05, 4.69) is 16.1 Å². The van der Waals surface area contributed by atoms with Crippen LogP contribution in [0.2, 0.25) is 0 Å². The van der Waals surface area contributed by atoms with Crippen LogP contribution in [0.4, 0.5) is 0 Å². The summed E-state index contributed by atoms with van der Waals surface area (Å²) in [5.74, 6) is 4.24. The lowest BCUT2D eigenvalue weighted by Crippen LogP contribution is -2.00. The molecule has 0 heterocycles. The van der Waals surface area contributed by atoms with Crippen molar-refractivity contribution in [2.45, 2.75) is 0 Å². The molecule has 0 amide bonds.